The highest BCUT2D eigenvalue weighted by atomic mass is 35.5. The fourth-order valence-electron chi connectivity index (χ4n) is 1.16. The first-order valence-electron chi connectivity index (χ1n) is 4.22. The molecule has 0 unspecified atom stereocenters. The molecule has 0 aliphatic heterocycles. The molecule has 0 aliphatic carbocycles. The predicted molar refractivity (Wildman–Crippen MR) is 63.0 cm³/mol. The van der Waals surface area contributed by atoms with Crippen molar-refractivity contribution < 1.29 is 0 Å². The van der Waals surface area contributed by atoms with Crippen molar-refractivity contribution >= 4 is 23.7 Å². The van der Waals surface area contributed by atoms with Crippen LogP contribution in [0.3, 0.4) is 0 Å². The lowest BCUT2D eigenvalue weighted by Gasteiger charge is -1.98. The van der Waals surface area contributed by atoms with E-state index in [9.17, 15) is 0 Å². The Kier molecular flexibility index (Phi) is 4.14. The molecule has 2 aromatic rings. The lowest BCUT2D eigenvalue weighted by atomic mass is 10.2. The molecule has 0 atom stereocenters. The van der Waals surface area contributed by atoms with Crippen LogP contribution in [0.2, 0.25) is 0 Å². The molecule has 0 saturated heterocycles. The standard InChI is InChI=1S/C9H10N4S.ClH/c1-6-9(14-5-13-6)7-3-11-8(2-10)12-4-7;/h3-5H,2,10H2,1H3;1H. The van der Waals surface area contributed by atoms with Gasteiger partial charge in [-0.2, -0.15) is 0 Å². The third-order valence-electron chi connectivity index (χ3n) is 1.90. The maximum absolute atomic E-state index is 5.41. The SMILES string of the molecule is Cc1ncsc1-c1cnc(CN)nc1.Cl. The molecule has 15 heavy (non-hydrogen) atoms. The van der Waals surface area contributed by atoms with Crippen LogP contribution in [-0.2, 0) is 6.54 Å². The Morgan fingerprint density at radius 3 is 2.40 bits per heavy atom. The predicted octanol–water partition coefficient (Wildman–Crippen LogP) is 1.79. The van der Waals surface area contributed by atoms with Crippen LogP contribution in [-0.4, -0.2) is 15.0 Å². The Bertz CT molecular complexity index is 426. The van der Waals surface area contributed by atoms with E-state index in [1.54, 1.807) is 23.7 Å². The van der Waals surface area contributed by atoms with Crippen LogP contribution >= 0.6 is 23.7 Å². The summed E-state index contributed by atoms with van der Waals surface area (Å²) in [6.07, 6.45) is 3.57. The first-order chi connectivity index (χ1) is 6.81. The molecule has 80 valence electrons. The topological polar surface area (TPSA) is 64.7 Å². The van der Waals surface area contributed by atoms with Crippen LogP contribution in [0, 0.1) is 6.92 Å². The molecule has 4 nitrogen and oxygen atoms in total. The smallest absolute Gasteiger partial charge is 0.141 e. The van der Waals surface area contributed by atoms with E-state index in [-0.39, 0.29) is 12.4 Å². The summed E-state index contributed by atoms with van der Waals surface area (Å²) < 4.78 is 0. The van der Waals surface area contributed by atoms with Crippen molar-refractivity contribution in [2.75, 3.05) is 0 Å². The summed E-state index contributed by atoms with van der Waals surface area (Å²) in [5, 5.41) is 0. The molecular weight excluding hydrogens is 232 g/mol. The monoisotopic (exact) mass is 242 g/mol. The highest BCUT2D eigenvalue weighted by Crippen LogP contribution is 2.25. The van der Waals surface area contributed by atoms with Gasteiger partial charge in [0.15, 0.2) is 0 Å². The average Bonchev–Trinajstić information content (AvgIpc) is 2.65. The highest BCUT2D eigenvalue weighted by Gasteiger charge is 2.05. The normalized spacial score (nSPS) is 9.73. The van der Waals surface area contributed by atoms with E-state index in [1.807, 2.05) is 12.4 Å². The second-order valence-electron chi connectivity index (χ2n) is 2.86. The van der Waals surface area contributed by atoms with Crippen molar-refractivity contribution in [2.45, 2.75) is 13.5 Å². The van der Waals surface area contributed by atoms with E-state index in [2.05, 4.69) is 15.0 Å². The number of aryl methyl sites for hydroxylation is 1. The molecule has 0 bridgehead atoms. The van der Waals surface area contributed by atoms with Gasteiger partial charge in [-0.05, 0) is 6.92 Å². The summed E-state index contributed by atoms with van der Waals surface area (Å²) >= 11 is 1.59. The van der Waals surface area contributed by atoms with E-state index in [0.717, 1.165) is 16.1 Å². The van der Waals surface area contributed by atoms with Crippen molar-refractivity contribution in [3.8, 4) is 10.4 Å². The van der Waals surface area contributed by atoms with Crippen molar-refractivity contribution in [1.29, 1.82) is 0 Å². The third-order valence-corrected chi connectivity index (χ3v) is 2.87. The number of nitrogens with zero attached hydrogens (tertiary/aromatic N) is 3. The number of thiazole rings is 1. The molecule has 2 heterocycles. The van der Waals surface area contributed by atoms with Crippen molar-refractivity contribution in [2.24, 2.45) is 5.73 Å². The molecule has 0 amide bonds. The number of hydrogen-bond acceptors (Lipinski definition) is 5. The lowest BCUT2D eigenvalue weighted by molar-refractivity contribution is 0.910. The van der Waals surface area contributed by atoms with Gasteiger partial charge in [-0.1, -0.05) is 0 Å². The lowest BCUT2D eigenvalue weighted by Crippen LogP contribution is -2.01. The minimum absolute atomic E-state index is 0. The Morgan fingerprint density at radius 1 is 1.27 bits per heavy atom. The molecule has 2 rings (SSSR count). The zero-order chi connectivity index (χ0) is 9.97. The maximum Gasteiger partial charge on any atom is 0.141 e. The van der Waals surface area contributed by atoms with Gasteiger partial charge in [0.05, 0.1) is 22.6 Å². The number of rotatable bonds is 2. The van der Waals surface area contributed by atoms with Crippen LogP contribution in [0.15, 0.2) is 17.9 Å². The molecule has 2 N–H and O–H groups in total. The van der Waals surface area contributed by atoms with Gasteiger partial charge in [0.25, 0.3) is 0 Å². The van der Waals surface area contributed by atoms with E-state index in [4.69, 9.17) is 5.73 Å². The zero-order valence-corrected chi connectivity index (χ0v) is 9.81. The molecule has 0 saturated carbocycles. The van der Waals surface area contributed by atoms with Crippen molar-refractivity contribution in [1.82, 2.24) is 15.0 Å². The Labute approximate surface area is 98.0 Å². The minimum Gasteiger partial charge on any atom is -0.324 e. The zero-order valence-electron chi connectivity index (χ0n) is 8.17. The quantitative estimate of drug-likeness (QED) is 0.872. The number of aromatic nitrogens is 3. The summed E-state index contributed by atoms with van der Waals surface area (Å²) in [5.41, 5.74) is 9.25. The molecule has 2 aromatic heterocycles. The number of halogens is 1. The van der Waals surface area contributed by atoms with E-state index >= 15 is 0 Å². The van der Waals surface area contributed by atoms with Crippen LogP contribution in [0.4, 0.5) is 0 Å². The Hall–Kier alpha value is -1.04. The van der Waals surface area contributed by atoms with Gasteiger partial charge >= 0.3 is 0 Å². The Balaban J connectivity index is 0.00000112. The largest absolute Gasteiger partial charge is 0.324 e. The van der Waals surface area contributed by atoms with Crippen molar-refractivity contribution in [3.05, 3.63) is 29.4 Å². The summed E-state index contributed by atoms with van der Waals surface area (Å²) in [5.74, 6) is 0.663. The molecule has 0 radical (unpaired) electrons. The fourth-order valence-corrected chi connectivity index (χ4v) is 1.94. The molecular formula is C9H11ClN4S. The third kappa shape index (κ3) is 2.50. The highest BCUT2D eigenvalue weighted by molar-refractivity contribution is 7.13. The van der Waals surface area contributed by atoms with Gasteiger partial charge in [0.1, 0.15) is 5.82 Å². The van der Waals surface area contributed by atoms with E-state index < -0.39 is 0 Å². The second kappa shape index (κ2) is 5.16. The van der Waals surface area contributed by atoms with E-state index in [0.29, 0.717) is 12.4 Å². The number of hydrogen-bond donors (Lipinski definition) is 1. The fraction of sp³-hybridized carbons (Fsp3) is 0.222. The molecule has 0 aromatic carbocycles. The summed E-state index contributed by atoms with van der Waals surface area (Å²) in [6.45, 7) is 2.35. The first-order valence-corrected chi connectivity index (χ1v) is 5.10. The van der Waals surface area contributed by atoms with Crippen molar-refractivity contribution in [3.63, 3.8) is 0 Å². The first kappa shape index (κ1) is 12.0. The summed E-state index contributed by atoms with van der Waals surface area (Å²) in [4.78, 5) is 13.6. The molecule has 0 fully saturated rings. The Morgan fingerprint density at radius 2 is 1.93 bits per heavy atom. The van der Waals surface area contributed by atoms with Gasteiger partial charge in [-0.3, -0.25) is 0 Å². The van der Waals surface area contributed by atoms with Gasteiger partial charge in [-0.15, -0.1) is 23.7 Å². The van der Waals surface area contributed by atoms with Gasteiger partial charge in [0.2, 0.25) is 0 Å². The second-order valence-corrected chi connectivity index (χ2v) is 3.71. The molecule has 0 spiro atoms. The van der Waals surface area contributed by atoms with Crippen LogP contribution in [0.5, 0.6) is 0 Å². The minimum atomic E-state index is 0. The van der Waals surface area contributed by atoms with Crippen LogP contribution < -0.4 is 5.73 Å². The average molecular weight is 243 g/mol. The van der Waals surface area contributed by atoms with Gasteiger partial charge < -0.3 is 5.73 Å². The number of nitrogens with two attached hydrogens (primary N) is 1. The molecule has 6 heteroatoms. The summed E-state index contributed by atoms with van der Waals surface area (Å²) in [6, 6.07) is 0. The molecule has 0 aliphatic rings. The van der Waals surface area contributed by atoms with Gasteiger partial charge in [-0.25, -0.2) is 15.0 Å². The van der Waals surface area contributed by atoms with E-state index in [1.165, 1.54) is 0 Å². The summed E-state index contributed by atoms with van der Waals surface area (Å²) in [7, 11) is 0. The van der Waals surface area contributed by atoms with Crippen LogP contribution in [0.1, 0.15) is 11.5 Å². The maximum atomic E-state index is 5.41. The van der Waals surface area contributed by atoms with Crippen LogP contribution in [0.25, 0.3) is 10.4 Å². The van der Waals surface area contributed by atoms with Gasteiger partial charge in [0, 0.05) is 18.0 Å².